The van der Waals surface area contributed by atoms with Crippen molar-refractivity contribution < 1.29 is 14.8 Å². The lowest BCUT2D eigenvalue weighted by molar-refractivity contribution is -0.388. The van der Waals surface area contributed by atoms with Crippen LogP contribution in [0.4, 0.5) is 0 Å². The highest BCUT2D eigenvalue weighted by atomic mass is 16.6. The van der Waals surface area contributed by atoms with Crippen molar-refractivity contribution in [2.45, 2.75) is 5.54 Å². The summed E-state index contributed by atoms with van der Waals surface area (Å²) in [7, 11) is 0. The molecule has 0 fully saturated rings. The van der Waals surface area contributed by atoms with Crippen molar-refractivity contribution >= 4 is 5.70 Å². The van der Waals surface area contributed by atoms with E-state index in [0.29, 0.717) is 16.1 Å². The quantitative estimate of drug-likeness (QED) is 0.481. The van der Waals surface area contributed by atoms with Crippen LogP contribution in [-0.4, -0.2) is 29.9 Å². The summed E-state index contributed by atoms with van der Waals surface area (Å²) in [5.41, 5.74) is -0.498. The molecule has 1 N–H and O–H groups in total. The van der Waals surface area contributed by atoms with Crippen LogP contribution in [0.1, 0.15) is 5.56 Å². The van der Waals surface area contributed by atoms with E-state index in [0.717, 1.165) is 0 Å². The van der Waals surface area contributed by atoms with E-state index < -0.39 is 5.54 Å². The van der Waals surface area contributed by atoms with E-state index in [9.17, 15) is 10.1 Å². The average Bonchev–Trinajstić information content (AvgIpc) is 2.91. The van der Waals surface area contributed by atoms with Gasteiger partial charge in [-0.3, -0.25) is 15.1 Å². The topological polar surface area (TPSA) is 85.0 Å². The molecule has 0 bridgehead atoms. The van der Waals surface area contributed by atoms with Crippen molar-refractivity contribution in [1.82, 2.24) is 0 Å². The van der Waals surface area contributed by atoms with Gasteiger partial charge in [-0.25, -0.2) is 0 Å². The molecule has 0 radical (unpaired) electrons. The van der Waals surface area contributed by atoms with Crippen molar-refractivity contribution in [2.75, 3.05) is 19.8 Å². The maximum atomic E-state index is 11.8. The molecule has 2 aromatic carbocycles. The highest BCUT2D eigenvalue weighted by Gasteiger charge is 2.48. The first kappa shape index (κ1) is 15.3. The molecule has 1 heterocycles. The van der Waals surface area contributed by atoms with Gasteiger partial charge >= 0.3 is 0 Å². The molecule has 23 heavy (non-hydrogen) atoms. The second-order valence-electron chi connectivity index (χ2n) is 5.24. The predicted molar refractivity (Wildman–Crippen MR) is 83.7 cm³/mol. The fraction of sp³-hybridized carbons (Fsp3) is 0.235. The molecule has 1 aliphatic heterocycles. The fourth-order valence-corrected chi connectivity index (χ4v) is 2.89. The number of benzene rings is 2. The van der Waals surface area contributed by atoms with Crippen LogP contribution in [-0.2, 0) is 10.3 Å². The third kappa shape index (κ3) is 2.62. The minimum absolute atomic E-state index is 0.00255. The molecule has 0 amide bonds. The molecular weight excluding hydrogens is 296 g/mol. The van der Waals surface area contributed by atoms with E-state index in [1.165, 1.54) is 0 Å². The Kier molecular flexibility index (Phi) is 4.18. The average molecular weight is 312 g/mol. The number of fused-ring (bicyclic) bond motifs is 1. The van der Waals surface area contributed by atoms with Gasteiger partial charge in [-0.1, -0.05) is 42.5 Å². The summed E-state index contributed by atoms with van der Waals surface area (Å²) >= 11 is 0. The van der Waals surface area contributed by atoms with Crippen LogP contribution in [0.25, 0.3) is 5.70 Å². The van der Waals surface area contributed by atoms with Crippen LogP contribution in [0.2, 0.25) is 0 Å². The van der Waals surface area contributed by atoms with Crippen LogP contribution < -0.4 is 10.6 Å². The molecule has 1 atom stereocenters. The Hall–Kier alpha value is -2.57. The number of aliphatic hydroxyl groups is 1. The van der Waals surface area contributed by atoms with Gasteiger partial charge in [0.1, 0.15) is 0 Å². The standard InChI is InChI=1S/C17H16N2O4/c20-10-11-23-12-17(13-6-2-1-3-7-13)16(19(21)22)14-8-4-5-9-15(14)18-17/h1-9,20H,10-12H2. The number of para-hydroxylation sites is 1. The molecule has 0 aromatic heterocycles. The van der Waals surface area contributed by atoms with Crippen LogP contribution in [0, 0.1) is 10.1 Å². The summed E-state index contributed by atoms with van der Waals surface area (Å²) in [5.74, 6) is 0. The van der Waals surface area contributed by atoms with Gasteiger partial charge in [-0.2, -0.15) is 0 Å². The largest absolute Gasteiger partial charge is 0.394 e. The van der Waals surface area contributed by atoms with Gasteiger partial charge < -0.3 is 9.84 Å². The van der Waals surface area contributed by atoms with Crippen molar-refractivity contribution in [3.63, 3.8) is 0 Å². The molecule has 0 saturated carbocycles. The zero-order chi connectivity index (χ0) is 16.3. The number of nitro groups is 1. The number of aliphatic hydroxyl groups excluding tert-OH is 1. The maximum absolute atomic E-state index is 11.8. The van der Waals surface area contributed by atoms with Gasteiger partial charge in [0, 0.05) is 0 Å². The number of nitrogens with zero attached hydrogens (tertiary/aromatic N) is 2. The molecule has 0 spiro atoms. The summed E-state index contributed by atoms with van der Waals surface area (Å²) in [6.45, 7) is -0.0420. The highest BCUT2D eigenvalue weighted by Crippen LogP contribution is 2.36. The minimum atomic E-state index is -1.20. The minimum Gasteiger partial charge on any atom is -0.394 e. The van der Waals surface area contributed by atoms with Gasteiger partial charge in [0.25, 0.3) is 5.70 Å². The first-order valence-electron chi connectivity index (χ1n) is 7.27. The van der Waals surface area contributed by atoms with Gasteiger partial charge in [-0.15, -0.1) is 0 Å². The lowest BCUT2D eigenvalue weighted by atomic mass is 9.88. The van der Waals surface area contributed by atoms with E-state index in [-0.39, 0.29) is 30.4 Å². The van der Waals surface area contributed by atoms with Crippen LogP contribution >= 0.6 is 0 Å². The van der Waals surface area contributed by atoms with Crippen molar-refractivity contribution in [3.8, 4) is 0 Å². The van der Waals surface area contributed by atoms with Crippen molar-refractivity contribution in [1.29, 1.82) is 0 Å². The van der Waals surface area contributed by atoms with Crippen molar-refractivity contribution in [2.24, 2.45) is 4.99 Å². The van der Waals surface area contributed by atoms with Crippen LogP contribution in [0.5, 0.6) is 0 Å². The zero-order valence-corrected chi connectivity index (χ0v) is 12.4. The Morgan fingerprint density at radius 1 is 1.13 bits per heavy atom. The molecule has 1 unspecified atom stereocenters. The Morgan fingerprint density at radius 3 is 2.52 bits per heavy atom. The summed E-state index contributed by atoms with van der Waals surface area (Å²) in [6.07, 6.45) is 0. The third-order valence-electron chi connectivity index (χ3n) is 3.84. The second kappa shape index (κ2) is 6.28. The maximum Gasteiger partial charge on any atom is 0.289 e. The lowest BCUT2D eigenvalue weighted by Crippen LogP contribution is -2.35. The molecule has 3 rings (SSSR count). The first-order valence-corrected chi connectivity index (χ1v) is 7.27. The third-order valence-corrected chi connectivity index (χ3v) is 3.84. The van der Waals surface area contributed by atoms with Gasteiger partial charge in [0.05, 0.1) is 35.3 Å². The van der Waals surface area contributed by atoms with E-state index in [1.54, 1.807) is 36.4 Å². The summed E-state index contributed by atoms with van der Waals surface area (Å²) in [4.78, 5) is 16.0. The monoisotopic (exact) mass is 312 g/mol. The number of hydrogen-bond donors (Lipinski definition) is 1. The van der Waals surface area contributed by atoms with Gasteiger partial charge in [-0.05, 0) is 17.7 Å². The first-order chi connectivity index (χ1) is 11.2. The van der Waals surface area contributed by atoms with Gasteiger partial charge in [0.2, 0.25) is 0 Å². The van der Waals surface area contributed by atoms with Crippen LogP contribution in [0.15, 0.2) is 59.6 Å². The lowest BCUT2D eigenvalue weighted by Gasteiger charge is -2.25. The highest BCUT2D eigenvalue weighted by molar-refractivity contribution is 5.57. The fourth-order valence-electron chi connectivity index (χ4n) is 2.89. The molecule has 6 heteroatoms. The molecule has 2 aromatic rings. The van der Waals surface area contributed by atoms with Crippen molar-refractivity contribution in [3.05, 3.63) is 80.9 Å². The van der Waals surface area contributed by atoms with Crippen LogP contribution in [0.3, 0.4) is 0 Å². The summed E-state index contributed by atoms with van der Waals surface area (Å²) < 4.78 is 5.47. The molecule has 0 aliphatic carbocycles. The Labute approximate surface area is 132 Å². The predicted octanol–water partition coefficient (Wildman–Crippen LogP) is 0.609. The number of rotatable bonds is 6. The van der Waals surface area contributed by atoms with E-state index in [1.807, 2.05) is 18.2 Å². The number of hydrogen-bond acceptors (Lipinski definition) is 5. The number of ether oxygens (including phenoxy) is 1. The summed E-state index contributed by atoms with van der Waals surface area (Å²) in [5, 5.41) is 21.8. The van der Waals surface area contributed by atoms with E-state index in [4.69, 9.17) is 9.84 Å². The Bertz CT molecular complexity index is 835. The van der Waals surface area contributed by atoms with E-state index >= 15 is 0 Å². The molecule has 0 saturated heterocycles. The SMILES string of the molecule is O=[N+]([O-])C1=c2ccccc2=NC1(COCCO)c1ccccc1. The second-order valence-corrected chi connectivity index (χ2v) is 5.24. The van der Waals surface area contributed by atoms with E-state index in [2.05, 4.69) is 4.99 Å². The smallest absolute Gasteiger partial charge is 0.289 e. The molecular formula is C17H16N2O4. The molecule has 6 nitrogen and oxygen atoms in total. The zero-order valence-electron chi connectivity index (χ0n) is 12.4. The summed E-state index contributed by atoms with van der Waals surface area (Å²) in [6, 6.07) is 16.1. The normalized spacial score (nSPS) is 19.3. The Balaban J connectivity index is 2.24. The Morgan fingerprint density at radius 2 is 1.83 bits per heavy atom. The molecule has 118 valence electrons. The van der Waals surface area contributed by atoms with Gasteiger partial charge in [0.15, 0.2) is 5.54 Å². The molecule has 1 aliphatic rings.